The highest BCUT2D eigenvalue weighted by atomic mass is 15.3. The van der Waals surface area contributed by atoms with E-state index in [1.165, 1.54) is 0 Å². The number of nitrogens with zero attached hydrogens (tertiary/aromatic N) is 5. The standard InChI is InChI=1S/C24H26N6/c1-28-10-12-29(13-11-28)23-9-8-21(16-27-23)30-17-26-15-19-5-3-7-22(24(19)30)18-4-2-6-20(25)14-18/h2-9,14-16H,10-13,17,25H2,1H3. The van der Waals surface area contributed by atoms with Crippen LogP contribution in [0.15, 0.2) is 65.8 Å². The van der Waals surface area contributed by atoms with Gasteiger partial charge in [-0.2, -0.15) is 0 Å². The summed E-state index contributed by atoms with van der Waals surface area (Å²) in [6, 6.07) is 18.6. The zero-order valence-corrected chi connectivity index (χ0v) is 17.2. The first kappa shape index (κ1) is 18.6. The van der Waals surface area contributed by atoms with Crippen LogP contribution >= 0.6 is 0 Å². The highest BCUT2D eigenvalue weighted by molar-refractivity contribution is 5.98. The average molecular weight is 399 g/mol. The molecule has 30 heavy (non-hydrogen) atoms. The number of piperazine rings is 1. The van der Waals surface area contributed by atoms with Crippen LogP contribution in [0, 0.1) is 0 Å². The van der Waals surface area contributed by atoms with Crippen molar-refractivity contribution in [1.29, 1.82) is 0 Å². The maximum atomic E-state index is 6.06. The first-order valence-electron chi connectivity index (χ1n) is 10.3. The fourth-order valence-electron chi connectivity index (χ4n) is 4.17. The number of para-hydroxylation sites is 1. The summed E-state index contributed by atoms with van der Waals surface area (Å²) in [5.41, 5.74) is 12.4. The third-order valence-corrected chi connectivity index (χ3v) is 5.86. The molecule has 1 saturated heterocycles. The minimum absolute atomic E-state index is 0.571. The molecular weight excluding hydrogens is 372 g/mol. The molecule has 0 aliphatic carbocycles. The van der Waals surface area contributed by atoms with E-state index in [4.69, 9.17) is 10.7 Å². The van der Waals surface area contributed by atoms with Gasteiger partial charge < -0.3 is 20.4 Å². The van der Waals surface area contributed by atoms with Crippen LogP contribution in [-0.2, 0) is 0 Å². The minimum atomic E-state index is 0.571. The molecule has 6 nitrogen and oxygen atoms in total. The van der Waals surface area contributed by atoms with Crippen molar-refractivity contribution in [2.45, 2.75) is 0 Å². The monoisotopic (exact) mass is 398 g/mol. The minimum Gasteiger partial charge on any atom is -0.399 e. The van der Waals surface area contributed by atoms with Crippen LogP contribution in [0.25, 0.3) is 11.1 Å². The van der Waals surface area contributed by atoms with E-state index in [1.807, 2.05) is 30.6 Å². The summed E-state index contributed by atoms with van der Waals surface area (Å²) in [6.07, 6.45) is 3.92. The van der Waals surface area contributed by atoms with E-state index < -0.39 is 0 Å². The van der Waals surface area contributed by atoms with Gasteiger partial charge in [0.15, 0.2) is 0 Å². The molecular formula is C24H26N6. The lowest BCUT2D eigenvalue weighted by Crippen LogP contribution is -2.44. The molecule has 0 radical (unpaired) electrons. The molecule has 0 spiro atoms. The Labute approximate surface area is 177 Å². The van der Waals surface area contributed by atoms with Gasteiger partial charge in [0, 0.05) is 49.2 Å². The number of anilines is 4. The molecule has 2 aromatic carbocycles. The van der Waals surface area contributed by atoms with Gasteiger partial charge in [0.25, 0.3) is 0 Å². The summed E-state index contributed by atoms with van der Waals surface area (Å²) in [4.78, 5) is 16.3. The molecule has 2 aliphatic heterocycles. The average Bonchev–Trinajstić information content (AvgIpc) is 2.79. The van der Waals surface area contributed by atoms with E-state index in [0.29, 0.717) is 6.67 Å². The lowest BCUT2D eigenvalue weighted by atomic mass is 9.98. The zero-order chi connectivity index (χ0) is 20.5. The van der Waals surface area contributed by atoms with Crippen LogP contribution in [0.5, 0.6) is 0 Å². The van der Waals surface area contributed by atoms with Crippen LogP contribution in [0.3, 0.4) is 0 Å². The summed E-state index contributed by atoms with van der Waals surface area (Å²) in [5.74, 6) is 1.04. The van der Waals surface area contributed by atoms with E-state index in [2.05, 4.69) is 63.1 Å². The number of hydrogen-bond acceptors (Lipinski definition) is 6. The van der Waals surface area contributed by atoms with Gasteiger partial charge in [0.05, 0.1) is 17.6 Å². The SMILES string of the molecule is CN1CCN(c2ccc(N3CN=Cc4cccc(-c5cccc(N)c5)c43)cn2)CC1. The second-order valence-electron chi connectivity index (χ2n) is 7.91. The second-order valence-corrected chi connectivity index (χ2v) is 7.91. The van der Waals surface area contributed by atoms with Gasteiger partial charge in [-0.1, -0.05) is 30.3 Å². The van der Waals surface area contributed by atoms with Gasteiger partial charge in [0.1, 0.15) is 12.5 Å². The predicted molar refractivity (Wildman–Crippen MR) is 125 cm³/mol. The van der Waals surface area contributed by atoms with E-state index in [0.717, 1.165) is 65.7 Å². The number of aliphatic imine (C=N–C) groups is 1. The van der Waals surface area contributed by atoms with Crippen molar-refractivity contribution >= 4 is 29.1 Å². The number of nitrogens with two attached hydrogens (primary N) is 1. The van der Waals surface area contributed by atoms with Gasteiger partial charge in [-0.25, -0.2) is 4.98 Å². The van der Waals surface area contributed by atoms with Gasteiger partial charge in [-0.3, -0.25) is 4.99 Å². The molecule has 0 unspecified atom stereocenters. The number of nitrogen functional groups attached to an aromatic ring is 1. The first-order chi connectivity index (χ1) is 14.7. The molecule has 0 atom stereocenters. The highest BCUT2D eigenvalue weighted by Gasteiger charge is 2.21. The molecule has 6 heteroatoms. The van der Waals surface area contributed by atoms with Gasteiger partial charge in [0.2, 0.25) is 0 Å². The Bertz CT molecular complexity index is 1070. The summed E-state index contributed by atoms with van der Waals surface area (Å²) in [7, 11) is 2.17. The van der Waals surface area contributed by atoms with E-state index >= 15 is 0 Å². The Hall–Kier alpha value is -3.38. The smallest absolute Gasteiger partial charge is 0.128 e. The van der Waals surface area contributed by atoms with Crippen molar-refractivity contribution in [3.8, 4) is 11.1 Å². The van der Waals surface area contributed by atoms with Crippen molar-refractivity contribution in [2.24, 2.45) is 4.99 Å². The number of benzene rings is 2. The molecule has 1 fully saturated rings. The lowest BCUT2D eigenvalue weighted by Gasteiger charge is -2.34. The van der Waals surface area contributed by atoms with Crippen molar-refractivity contribution in [3.05, 3.63) is 66.4 Å². The fraction of sp³-hybridized carbons (Fsp3) is 0.250. The Kier molecular flexibility index (Phi) is 4.85. The summed E-state index contributed by atoms with van der Waals surface area (Å²) >= 11 is 0. The largest absolute Gasteiger partial charge is 0.399 e. The number of pyridine rings is 1. The topological polar surface area (TPSA) is 61.0 Å². The predicted octanol–water partition coefficient (Wildman–Crippen LogP) is 3.61. The van der Waals surface area contributed by atoms with Crippen molar-refractivity contribution < 1.29 is 0 Å². The summed E-state index contributed by atoms with van der Waals surface area (Å²) in [5, 5.41) is 0. The molecule has 2 aliphatic rings. The highest BCUT2D eigenvalue weighted by Crippen LogP contribution is 2.39. The number of hydrogen-bond donors (Lipinski definition) is 1. The third-order valence-electron chi connectivity index (χ3n) is 5.86. The molecule has 3 heterocycles. The molecule has 152 valence electrons. The van der Waals surface area contributed by atoms with Gasteiger partial charge in [-0.05, 0) is 36.9 Å². The first-order valence-corrected chi connectivity index (χ1v) is 10.3. The van der Waals surface area contributed by atoms with Gasteiger partial charge in [-0.15, -0.1) is 0 Å². The van der Waals surface area contributed by atoms with Gasteiger partial charge >= 0.3 is 0 Å². The van der Waals surface area contributed by atoms with Crippen molar-refractivity contribution in [3.63, 3.8) is 0 Å². The number of aromatic nitrogens is 1. The summed E-state index contributed by atoms with van der Waals surface area (Å²) < 4.78 is 0. The number of likely N-dealkylation sites (N-methyl/N-ethyl adjacent to an activating group) is 1. The van der Waals surface area contributed by atoms with Crippen LogP contribution in [0.4, 0.5) is 22.9 Å². The van der Waals surface area contributed by atoms with E-state index in [-0.39, 0.29) is 0 Å². The Morgan fingerprint density at radius 1 is 0.933 bits per heavy atom. The van der Waals surface area contributed by atoms with E-state index in [1.54, 1.807) is 0 Å². The number of rotatable bonds is 3. The molecule has 1 aromatic heterocycles. The quantitative estimate of drug-likeness (QED) is 0.683. The van der Waals surface area contributed by atoms with Crippen LogP contribution in [0.2, 0.25) is 0 Å². The molecule has 0 bridgehead atoms. The second kappa shape index (κ2) is 7.80. The Morgan fingerprint density at radius 3 is 2.53 bits per heavy atom. The van der Waals surface area contributed by atoms with Crippen LogP contribution in [-0.4, -0.2) is 56.0 Å². The Balaban J connectivity index is 1.49. The molecule has 5 rings (SSSR count). The summed E-state index contributed by atoms with van der Waals surface area (Å²) in [6.45, 7) is 4.74. The fourth-order valence-corrected chi connectivity index (χ4v) is 4.17. The van der Waals surface area contributed by atoms with Crippen LogP contribution in [0.1, 0.15) is 5.56 Å². The zero-order valence-electron chi connectivity index (χ0n) is 17.2. The maximum Gasteiger partial charge on any atom is 0.128 e. The maximum absolute atomic E-state index is 6.06. The van der Waals surface area contributed by atoms with Crippen molar-refractivity contribution in [2.75, 3.05) is 55.4 Å². The molecule has 0 saturated carbocycles. The molecule has 0 amide bonds. The molecule has 2 N–H and O–H groups in total. The van der Waals surface area contributed by atoms with Crippen LogP contribution < -0.4 is 15.5 Å². The molecule has 3 aromatic rings. The van der Waals surface area contributed by atoms with E-state index in [9.17, 15) is 0 Å². The third kappa shape index (κ3) is 3.50. The lowest BCUT2D eigenvalue weighted by molar-refractivity contribution is 0.312. The number of fused-ring (bicyclic) bond motifs is 1. The Morgan fingerprint density at radius 2 is 1.77 bits per heavy atom. The normalized spacial score (nSPS) is 16.6. The van der Waals surface area contributed by atoms with Crippen molar-refractivity contribution in [1.82, 2.24) is 9.88 Å².